The van der Waals surface area contributed by atoms with Crippen molar-refractivity contribution in [2.45, 2.75) is 51.1 Å². The number of carbonyl (C=O) groups excluding carboxylic acids is 1. The molecule has 0 aliphatic heterocycles. The smallest absolute Gasteiger partial charge is 0.263 e. The Morgan fingerprint density at radius 3 is 2.48 bits per heavy atom. The van der Waals surface area contributed by atoms with Crippen LogP contribution in [-0.4, -0.2) is 11.9 Å². The fraction of sp³-hybridized carbons (Fsp3) is 0.444. The normalized spacial score (nSPS) is 16.3. The van der Waals surface area contributed by atoms with Gasteiger partial charge in [-0.25, -0.2) is 0 Å². The van der Waals surface area contributed by atoms with E-state index in [4.69, 9.17) is 11.6 Å². The molecule has 1 fully saturated rings. The van der Waals surface area contributed by atoms with E-state index >= 15 is 0 Å². The molecule has 0 heterocycles. The Labute approximate surface area is 142 Å². The summed E-state index contributed by atoms with van der Waals surface area (Å²) in [7, 11) is 0. The number of nitrogens with one attached hydrogen (secondary N) is 2. The Kier molecular flexibility index (Phi) is 6.96. The maximum Gasteiger partial charge on any atom is 0.263 e. The number of hydrogen-bond donors (Lipinski definition) is 2. The fourth-order valence-electron chi connectivity index (χ4n) is 2.68. The molecule has 1 aliphatic carbocycles. The number of carbonyl (C=O) groups is 1. The van der Waals surface area contributed by atoms with Gasteiger partial charge in [-0.2, -0.15) is 5.26 Å². The van der Waals surface area contributed by atoms with E-state index in [-0.39, 0.29) is 11.5 Å². The van der Waals surface area contributed by atoms with Crippen LogP contribution in [0.5, 0.6) is 0 Å². The first-order chi connectivity index (χ1) is 11.2. The molecule has 0 radical (unpaired) electrons. The molecule has 4 nitrogen and oxygen atoms in total. The third kappa shape index (κ3) is 5.96. The van der Waals surface area contributed by atoms with Crippen molar-refractivity contribution in [1.82, 2.24) is 10.6 Å². The Morgan fingerprint density at radius 2 is 1.87 bits per heavy atom. The zero-order chi connectivity index (χ0) is 16.5. The quantitative estimate of drug-likeness (QED) is 0.491. The monoisotopic (exact) mass is 331 g/mol. The van der Waals surface area contributed by atoms with Gasteiger partial charge in [-0.3, -0.25) is 4.79 Å². The van der Waals surface area contributed by atoms with Gasteiger partial charge in [-0.1, -0.05) is 49.4 Å². The van der Waals surface area contributed by atoms with Gasteiger partial charge in [0.1, 0.15) is 11.6 Å². The van der Waals surface area contributed by atoms with E-state index < -0.39 is 0 Å². The summed E-state index contributed by atoms with van der Waals surface area (Å²) >= 11 is 5.83. The maximum absolute atomic E-state index is 12.1. The van der Waals surface area contributed by atoms with Gasteiger partial charge in [0.05, 0.1) is 0 Å². The van der Waals surface area contributed by atoms with E-state index in [1.165, 1.54) is 25.7 Å². The van der Waals surface area contributed by atoms with Crippen LogP contribution in [0.15, 0.2) is 36.0 Å². The number of nitrogens with zero attached hydrogens (tertiary/aromatic N) is 1. The van der Waals surface area contributed by atoms with Gasteiger partial charge in [0.25, 0.3) is 5.91 Å². The number of benzene rings is 1. The van der Waals surface area contributed by atoms with E-state index in [9.17, 15) is 10.1 Å². The number of amides is 1. The number of nitriles is 1. The van der Waals surface area contributed by atoms with E-state index in [1.54, 1.807) is 18.3 Å². The Morgan fingerprint density at radius 1 is 1.22 bits per heavy atom. The van der Waals surface area contributed by atoms with Crippen molar-refractivity contribution in [2.24, 2.45) is 0 Å². The first kappa shape index (κ1) is 17.4. The molecule has 1 amide bonds. The summed E-state index contributed by atoms with van der Waals surface area (Å²) in [4.78, 5) is 12.1. The van der Waals surface area contributed by atoms with Crippen LogP contribution in [0, 0.1) is 11.3 Å². The van der Waals surface area contributed by atoms with Crippen LogP contribution in [0.1, 0.15) is 44.1 Å². The average Bonchev–Trinajstić information content (AvgIpc) is 2.83. The number of halogens is 1. The maximum atomic E-state index is 12.1. The second-order valence-corrected chi connectivity index (χ2v) is 6.27. The minimum atomic E-state index is -0.358. The van der Waals surface area contributed by atoms with Crippen LogP contribution < -0.4 is 10.6 Å². The van der Waals surface area contributed by atoms with Gasteiger partial charge in [-0.05, 0) is 30.5 Å². The molecule has 122 valence electrons. The molecule has 1 aliphatic rings. The molecular formula is C18H22ClN3O. The van der Waals surface area contributed by atoms with E-state index in [1.807, 2.05) is 18.2 Å². The largest absolute Gasteiger partial charge is 0.387 e. The predicted octanol–water partition coefficient (Wildman–Crippen LogP) is 3.68. The standard InChI is InChI=1S/C18H22ClN3O/c19-16-9-7-14(8-10-16)12-22-18(23)15(11-20)13-21-17-5-3-1-2-4-6-17/h7-10,13,17,21H,1-6,12H2,(H,22,23)/b15-13-. The summed E-state index contributed by atoms with van der Waals surface area (Å²) in [6, 6.07) is 9.58. The molecule has 2 rings (SSSR count). The summed E-state index contributed by atoms with van der Waals surface area (Å²) < 4.78 is 0. The van der Waals surface area contributed by atoms with Crippen molar-refractivity contribution >= 4 is 17.5 Å². The van der Waals surface area contributed by atoms with Crippen LogP contribution in [0.25, 0.3) is 0 Å². The van der Waals surface area contributed by atoms with Crippen LogP contribution in [0.4, 0.5) is 0 Å². The topological polar surface area (TPSA) is 64.9 Å². The molecule has 0 spiro atoms. The highest BCUT2D eigenvalue weighted by atomic mass is 35.5. The van der Waals surface area contributed by atoms with E-state index in [0.29, 0.717) is 17.6 Å². The van der Waals surface area contributed by atoms with Gasteiger partial charge in [0, 0.05) is 23.8 Å². The van der Waals surface area contributed by atoms with Crippen molar-refractivity contribution in [2.75, 3.05) is 0 Å². The third-order valence-corrected chi connectivity index (χ3v) is 4.30. The van der Waals surface area contributed by atoms with Crippen LogP contribution >= 0.6 is 11.6 Å². The molecular weight excluding hydrogens is 310 g/mol. The molecule has 0 bridgehead atoms. The summed E-state index contributed by atoms with van der Waals surface area (Å²) in [5.41, 5.74) is 1.06. The molecule has 1 aromatic carbocycles. The molecule has 1 aromatic rings. The van der Waals surface area contributed by atoms with E-state index in [2.05, 4.69) is 10.6 Å². The van der Waals surface area contributed by atoms with Gasteiger partial charge >= 0.3 is 0 Å². The highest BCUT2D eigenvalue weighted by Crippen LogP contribution is 2.17. The lowest BCUT2D eigenvalue weighted by molar-refractivity contribution is -0.117. The fourth-order valence-corrected chi connectivity index (χ4v) is 2.80. The minimum Gasteiger partial charge on any atom is -0.387 e. The zero-order valence-electron chi connectivity index (χ0n) is 13.1. The lowest BCUT2D eigenvalue weighted by atomic mass is 10.1. The lowest BCUT2D eigenvalue weighted by Gasteiger charge is -2.14. The Hall–Kier alpha value is -1.99. The summed E-state index contributed by atoms with van der Waals surface area (Å²) in [6.45, 7) is 0.373. The van der Waals surface area contributed by atoms with Crippen molar-refractivity contribution < 1.29 is 4.79 Å². The van der Waals surface area contributed by atoms with Gasteiger partial charge in [-0.15, -0.1) is 0 Å². The molecule has 1 saturated carbocycles. The first-order valence-electron chi connectivity index (χ1n) is 8.08. The van der Waals surface area contributed by atoms with Crippen molar-refractivity contribution in [3.8, 4) is 6.07 Å². The third-order valence-electron chi connectivity index (χ3n) is 4.05. The number of hydrogen-bond acceptors (Lipinski definition) is 3. The SMILES string of the molecule is N#C/C(=C/NC1CCCCCC1)C(=O)NCc1ccc(Cl)cc1. The Bertz CT molecular complexity index is 581. The summed E-state index contributed by atoms with van der Waals surface area (Å²) in [5, 5.41) is 15.8. The predicted molar refractivity (Wildman–Crippen MR) is 91.6 cm³/mol. The minimum absolute atomic E-state index is 0.114. The zero-order valence-corrected chi connectivity index (χ0v) is 13.9. The lowest BCUT2D eigenvalue weighted by Crippen LogP contribution is -2.28. The number of rotatable bonds is 5. The molecule has 0 saturated heterocycles. The molecule has 0 aromatic heterocycles. The van der Waals surface area contributed by atoms with Crippen molar-refractivity contribution in [3.63, 3.8) is 0 Å². The van der Waals surface area contributed by atoms with Crippen LogP contribution in [0.3, 0.4) is 0 Å². The van der Waals surface area contributed by atoms with Gasteiger partial charge < -0.3 is 10.6 Å². The molecule has 5 heteroatoms. The average molecular weight is 332 g/mol. The summed E-state index contributed by atoms with van der Waals surface area (Å²) in [5.74, 6) is -0.358. The summed E-state index contributed by atoms with van der Waals surface area (Å²) in [6.07, 6.45) is 8.71. The van der Waals surface area contributed by atoms with Crippen molar-refractivity contribution in [1.29, 1.82) is 5.26 Å². The Balaban J connectivity index is 1.86. The highest BCUT2D eigenvalue weighted by molar-refractivity contribution is 6.30. The van der Waals surface area contributed by atoms with Crippen molar-refractivity contribution in [3.05, 3.63) is 46.6 Å². The molecule has 0 atom stereocenters. The second-order valence-electron chi connectivity index (χ2n) is 5.83. The van der Waals surface area contributed by atoms with Gasteiger partial charge in [0.15, 0.2) is 0 Å². The second kappa shape index (κ2) is 9.22. The molecule has 2 N–H and O–H groups in total. The van der Waals surface area contributed by atoms with Crippen LogP contribution in [0.2, 0.25) is 5.02 Å². The van der Waals surface area contributed by atoms with Crippen LogP contribution in [-0.2, 0) is 11.3 Å². The first-order valence-corrected chi connectivity index (χ1v) is 8.46. The van der Waals surface area contributed by atoms with E-state index in [0.717, 1.165) is 18.4 Å². The molecule has 0 unspecified atom stereocenters. The molecule has 23 heavy (non-hydrogen) atoms. The highest BCUT2D eigenvalue weighted by Gasteiger charge is 2.13. The van der Waals surface area contributed by atoms with Gasteiger partial charge in [0.2, 0.25) is 0 Å².